The van der Waals surface area contributed by atoms with Crippen LogP contribution in [0.3, 0.4) is 0 Å². The molecule has 8 heteroatoms. The molecule has 6 nitrogen and oxygen atoms in total. The molecule has 0 unspecified atom stereocenters. The molecule has 26 heavy (non-hydrogen) atoms. The minimum Gasteiger partial charge on any atom is -0.337 e. The number of carbonyl (C=O) groups excluding carboxylic acids is 2. The van der Waals surface area contributed by atoms with Crippen LogP contribution in [0.2, 0.25) is 0 Å². The molecule has 1 atom stereocenters. The predicted octanol–water partition coefficient (Wildman–Crippen LogP) is 3.10. The molecule has 0 aliphatic carbocycles. The average molecular weight is 372 g/mol. The van der Waals surface area contributed by atoms with Gasteiger partial charge in [0.2, 0.25) is 5.91 Å². The van der Waals surface area contributed by atoms with Gasteiger partial charge in [-0.3, -0.25) is 9.59 Å². The van der Waals surface area contributed by atoms with Crippen LogP contribution in [-0.4, -0.2) is 21.4 Å². The third-order valence-corrected chi connectivity index (χ3v) is 4.72. The van der Waals surface area contributed by atoms with Crippen LogP contribution >= 0.6 is 11.3 Å². The number of aromatic nitrogens is 2. The maximum absolute atomic E-state index is 13.3. The van der Waals surface area contributed by atoms with Crippen LogP contribution in [0.5, 0.6) is 0 Å². The van der Waals surface area contributed by atoms with E-state index in [1.54, 1.807) is 41.2 Å². The lowest BCUT2D eigenvalue weighted by atomic mass is 10.1. The highest BCUT2D eigenvalue weighted by Crippen LogP contribution is 2.25. The highest BCUT2D eigenvalue weighted by atomic mass is 32.1. The number of hydrogen-bond donors (Lipinski definition) is 2. The fraction of sp³-hybridized carbons (Fsp3) is 0.167. The van der Waals surface area contributed by atoms with E-state index < -0.39 is 6.04 Å². The van der Waals surface area contributed by atoms with Crippen LogP contribution in [0, 0.1) is 5.82 Å². The van der Waals surface area contributed by atoms with Crippen molar-refractivity contribution >= 4 is 28.2 Å². The molecular formula is C18H17FN4O2S. The number of nitrogens with one attached hydrogen (secondary N) is 2. The molecule has 2 aromatic heterocycles. The zero-order chi connectivity index (χ0) is 18.7. The van der Waals surface area contributed by atoms with Gasteiger partial charge in [0.05, 0.1) is 9.88 Å². The van der Waals surface area contributed by atoms with E-state index in [2.05, 4.69) is 15.6 Å². The summed E-state index contributed by atoms with van der Waals surface area (Å²) >= 11 is 1.18. The number of benzene rings is 1. The first kappa shape index (κ1) is 17.8. The van der Waals surface area contributed by atoms with E-state index in [-0.39, 0.29) is 17.6 Å². The number of nitrogens with zero attached hydrogens (tertiary/aromatic N) is 2. The average Bonchev–Trinajstić information content (AvgIpc) is 3.22. The minimum absolute atomic E-state index is 0.198. The number of imidazole rings is 1. The fourth-order valence-corrected chi connectivity index (χ4v) is 3.37. The van der Waals surface area contributed by atoms with Crippen molar-refractivity contribution in [3.63, 3.8) is 0 Å². The molecular weight excluding hydrogens is 355 g/mol. The van der Waals surface area contributed by atoms with E-state index in [1.807, 2.05) is 7.05 Å². The Morgan fingerprint density at radius 3 is 2.54 bits per heavy atom. The Morgan fingerprint density at radius 1 is 1.19 bits per heavy atom. The van der Waals surface area contributed by atoms with Crippen LogP contribution in [0.25, 0.3) is 0 Å². The summed E-state index contributed by atoms with van der Waals surface area (Å²) in [4.78, 5) is 28.6. The molecule has 3 rings (SSSR count). The first-order valence-corrected chi connectivity index (χ1v) is 8.66. The quantitative estimate of drug-likeness (QED) is 0.723. The second-order valence-electron chi connectivity index (χ2n) is 5.70. The summed E-state index contributed by atoms with van der Waals surface area (Å²) in [6, 6.07) is 8.71. The predicted molar refractivity (Wildman–Crippen MR) is 97.5 cm³/mol. The summed E-state index contributed by atoms with van der Waals surface area (Å²) < 4.78 is 15.1. The molecule has 0 spiro atoms. The molecule has 2 heterocycles. The van der Waals surface area contributed by atoms with Gasteiger partial charge in [0.25, 0.3) is 5.91 Å². The topological polar surface area (TPSA) is 76.0 Å². The number of rotatable bonds is 5. The van der Waals surface area contributed by atoms with E-state index in [0.29, 0.717) is 21.3 Å². The summed E-state index contributed by atoms with van der Waals surface area (Å²) in [7, 11) is 1.82. The largest absolute Gasteiger partial charge is 0.337 e. The third kappa shape index (κ3) is 3.97. The van der Waals surface area contributed by atoms with Crippen LogP contribution in [-0.2, 0) is 11.8 Å². The van der Waals surface area contributed by atoms with Crippen molar-refractivity contribution in [2.45, 2.75) is 13.0 Å². The van der Waals surface area contributed by atoms with E-state index in [1.165, 1.54) is 30.4 Å². The van der Waals surface area contributed by atoms with Gasteiger partial charge in [0, 0.05) is 26.4 Å². The molecule has 0 saturated carbocycles. The number of thiophene rings is 1. The van der Waals surface area contributed by atoms with Crippen molar-refractivity contribution < 1.29 is 14.0 Å². The van der Waals surface area contributed by atoms with Crippen LogP contribution < -0.4 is 10.6 Å². The van der Waals surface area contributed by atoms with Crippen molar-refractivity contribution in [1.82, 2.24) is 14.9 Å². The van der Waals surface area contributed by atoms with Gasteiger partial charge in [-0.15, -0.1) is 11.3 Å². The third-order valence-electron chi connectivity index (χ3n) is 3.72. The van der Waals surface area contributed by atoms with Gasteiger partial charge in [0.15, 0.2) is 0 Å². The Kier molecular flexibility index (Phi) is 5.13. The Labute approximate surface area is 153 Å². The molecule has 0 saturated heterocycles. The number of hydrogen-bond acceptors (Lipinski definition) is 4. The summed E-state index contributed by atoms with van der Waals surface area (Å²) in [5.74, 6) is -0.222. The van der Waals surface area contributed by atoms with Crippen LogP contribution in [0.1, 0.15) is 34.0 Å². The first-order valence-electron chi connectivity index (χ1n) is 7.85. The maximum atomic E-state index is 13.3. The molecule has 134 valence electrons. The van der Waals surface area contributed by atoms with Crippen molar-refractivity contribution in [1.29, 1.82) is 0 Å². The van der Waals surface area contributed by atoms with Crippen LogP contribution in [0.15, 0.2) is 48.8 Å². The van der Waals surface area contributed by atoms with Crippen LogP contribution in [0.4, 0.5) is 9.39 Å². The van der Waals surface area contributed by atoms with Gasteiger partial charge in [-0.1, -0.05) is 12.1 Å². The SMILES string of the molecule is CC(=O)Nc1ccc(C(=O)N[C@H](c2ccc(F)cc2)c2nccn2C)s1. The monoisotopic (exact) mass is 372 g/mol. The first-order chi connectivity index (χ1) is 12.4. The van der Waals surface area contributed by atoms with E-state index >= 15 is 0 Å². The summed E-state index contributed by atoms with van der Waals surface area (Å²) in [5.41, 5.74) is 0.715. The van der Waals surface area contributed by atoms with Gasteiger partial charge in [0.1, 0.15) is 17.7 Å². The second kappa shape index (κ2) is 7.49. The molecule has 0 aliphatic rings. The fourth-order valence-electron chi connectivity index (χ4n) is 2.51. The summed E-state index contributed by atoms with van der Waals surface area (Å²) in [6.07, 6.45) is 3.41. The standard InChI is InChI=1S/C18H17FN4O2S/c1-11(24)21-15-8-7-14(26-15)18(25)22-16(17-20-9-10-23(17)2)12-3-5-13(19)6-4-12/h3-10,16H,1-2H3,(H,21,24)(H,22,25)/t16-/m1/s1. The zero-order valence-corrected chi connectivity index (χ0v) is 15.0. The molecule has 2 amide bonds. The Hall–Kier alpha value is -3.00. The molecule has 0 radical (unpaired) electrons. The normalized spacial score (nSPS) is 11.8. The number of anilines is 1. The zero-order valence-electron chi connectivity index (χ0n) is 14.2. The molecule has 0 fully saturated rings. The second-order valence-corrected chi connectivity index (χ2v) is 6.78. The number of aryl methyl sites for hydroxylation is 1. The number of amides is 2. The van der Waals surface area contributed by atoms with E-state index in [0.717, 1.165) is 0 Å². The van der Waals surface area contributed by atoms with Crippen molar-refractivity contribution in [2.75, 3.05) is 5.32 Å². The molecule has 0 aliphatic heterocycles. The Bertz CT molecular complexity index is 933. The Morgan fingerprint density at radius 2 is 1.92 bits per heavy atom. The van der Waals surface area contributed by atoms with Crippen molar-refractivity contribution in [3.05, 3.63) is 70.9 Å². The molecule has 2 N–H and O–H groups in total. The lowest BCUT2D eigenvalue weighted by Gasteiger charge is -2.18. The highest BCUT2D eigenvalue weighted by Gasteiger charge is 2.22. The van der Waals surface area contributed by atoms with Gasteiger partial charge in [-0.05, 0) is 29.8 Å². The highest BCUT2D eigenvalue weighted by molar-refractivity contribution is 7.18. The Balaban J connectivity index is 1.87. The van der Waals surface area contributed by atoms with E-state index in [4.69, 9.17) is 0 Å². The summed E-state index contributed by atoms with van der Waals surface area (Å²) in [5, 5.41) is 6.18. The number of halogens is 1. The van der Waals surface area contributed by atoms with Gasteiger partial charge < -0.3 is 15.2 Å². The van der Waals surface area contributed by atoms with E-state index in [9.17, 15) is 14.0 Å². The van der Waals surface area contributed by atoms with Crippen molar-refractivity contribution in [3.8, 4) is 0 Å². The van der Waals surface area contributed by atoms with Gasteiger partial charge in [-0.25, -0.2) is 9.37 Å². The minimum atomic E-state index is -0.533. The summed E-state index contributed by atoms with van der Waals surface area (Å²) in [6.45, 7) is 1.41. The van der Waals surface area contributed by atoms with Gasteiger partial charge in [-0.2, -0.15) is 0 Å². The lowest BCUT2D eigenvalue weighted by molar-refractivity contribution is -0.114. The smallest absolute Gasteiger partial charge is 0.262 e. The number of carbonyl (C=O) groups is 2. The van der Waals surface area contributed by atoms with Gasteiger partial charge >= 0.3 is 0 Å². The molecule has 0 bridgehead atoms. The lowest BCUT2D eigenvalue weighted by Crippen LogP contribution is -2.30. The van der Waals surface area contributed by atoms with Crippen molar-refractivity contribution in [2.24, 2.45) is 7.05 Å². The maximum Gasteiger partial charge on any atom is 0.262 e. The molecule has 3 aromatic rings. The molecule has 1 aromatic carbocycles.